The number of fused-ring (bicyclic) bond motifs is 1. The molecule has 54 heavy (non-hydrogen) atoms. The van der Waals surface area contributed by atoms with E-state index in [9.17, 15) is 24.0 Å². The van der Waals surface area contributed by atoms with Gasteiger partial charge in [0, 0.05) is 61.3 Å². The second-order valence-electron chi connectivity index (χ2n) is 14.5. The molecule has 2 aliphatic heterocycles. The molecule has 7 rings (SSSR count). The summed E-state index contributed by atoms with van der Waals surface area (Å²) >= 11 is 7.85. The second-order valence-corrected chi connectivity index (χ2v) is 16.1. The van der Waals surface area contributed by atoms with Crippen LogP contribution in [-0.4, -0.2) is 98.5 Å². The normalized spacial score (nSPS) is 21.2. The lowest BCUT2D eigenvalue weighted by Crippen LogP contribution is -2.52. The Morgan fingerprint density at radius 1 is 0.981 bits per heavy atom. The highest BCUT2D eigenvalue weighted by Crippen LogP contribution is 2.37. The van der Waals surface area contributed by atoms with Crippen molar-refractivity contribution in [2.45, 2.75) is 89.0 Å². The van der Waals surface area contributed by atoms with Gasteiger partial charge >= 0.3 is 0 Å². The largest absolute Gasteiger partial charge is 0.354 e. The molecule has 2 saturated carbocycles. The molecule has 1 atom stereocenters. The Hall–Kier alpha value is -4.45. The summed E-state index contributed by atoms with van der Waals surface area (Å²) < 4.78 is 1.92. The molecule has 16 nitrogen and oxygen atoms in total. The maximum Gasteiger partial charge on any atom is 0.265 e. The van der Waals surface area contributed by atoms with Gasteiger partial charge in [0.05, 0.1) is 47.6 Å². The van der Waals surface area contributed by atoms with Gasteiger partial charge in [-0.2, -0.15) is 5.10 Å². The van der Waals surface area contributed by atoms with Crippen molar-refractivity contribution in [1.82, 2.24) is 51.2 Å². The van der Waals surface area contributed by atoms with Gasteiger partial charge in [-0.3, -0.25) is 34.0 Å². The van der Waals surface area contributed by atoms with E-state index < -0.39 is 11.9 Å². The van der Waals surface area contributed by atoms with E-state index in [1.165, 1.54) is 29.1 Å². The van der Waals surface area contributed by atoms with E-state index in [0.717, 1.165) is 53.8 Å². The summed E-state index contributed by atoms with van der Waals surface area (Å²) in [5, 5.41) is 22.9. The molecule has 0 bridgehead atoms. The van der Waals surface area contributed by atoms with Crippen molar-refractivity contribution in [3.05, 3.63) is 44.5 Å². The highest BCUT2D eigenvalue weighted by atomic mass is 35.5. The number of halogens is 1. The van der Waals surface area contributed by atoms with E-state index in [0.29, 0.717) is 53.5 Å². The Balaban J connectivity index is 0.743. The Bertz CT molecular complexity index is 1900. The van der Waals surface area contributed by atoms with Gasteiger partial charge in [-0.15, -0.1) is 11.3 Å². The number of aromatic nitrogens is 4. The fraction of sp³-hybridized carbons (Fsp3) is 0.556. The third-order valence-corrected chi connectivity index (χ3v) is 11.9. The predicted octanol–water partition coefficient (Wildman–Crippen LogP) is 1.64. The van der Waals surface area contributed by atoms with Crippen LogP contribution in [0.5, 0.6) is 0 Å². The number of carbonyl (C=O) groups is 5. The van der Waals surface area contributed by atoms with Gasteiger partial charge in [-0.25, -0.2) is 9.97 Å². The van der Waals surface area contributed by atoms with Crippen LogP contribution in [0.15, 0.2) is 18.5 Å². The summed E-state index contributed by atoms with van der Waals surface area (Å²) in [6, 6.07) is 1.70. The van der Waals surface area contributed by atoms with Crippen LogP contribution in [0.2, 0.25) is 5.02 Å². The Morgan fingerprint density at radius 2 is 1.76 bits per heavy atom. The number of piperidine rings is 1. The minimum absolute atomic E-state index is 0.0893. The molecular weight excluding hydrogens is 734 g/mol. The van der Waals surface area contributed by atoms with E-state index in [-0.39, 0.29) is 61.8 Å². The van der Waals surface area contributed by atoms with E-state index in [4.69, 9.17) is 16.6 Å². The molecule has 3 aromatic rings. The maximum absolute atomic E-state index is 12.9. The molecular formula is C36H46ClN11O5S. The minimum atomic E-state index is -0.644. The van der Waals surface area contributed by atoms with Crippen molar-refractivity contribution in [2.75, 3.05) is 31.5 Å². The van der Waals surface area contributed by atoms with Crippen LogP contribution >= 0.6 is 22.9 Å². The third-order valence-electron chi connectivity index (χ3n) is 10.5. The summed E-state index contributed by atoms with van der Waals surface area (Å²) in [5.74, 6) is -0.00973. The van der Waals surface area contributed by atoms with E-state index in [1.807, 2.05) is 24.0 Å². The number of carbonyl (C=O) groups excluding carboxylic acids is 5. The summed E-state index contributed by atoms with van der Waals surface area (Å²) in [6.45, 7) is 1.73. The molecule has 0 spiro atoms. The number of hydrogen-bond acceptors (Lipinski definition) is 12. The van der Waals surface area contributed by atoms with Gasteiger partial charge in [0.2, 0.25) is 29.6 Å². The van der Waals surface area contributed by atoms with Crippen LogP contribution in [0, 0.1) is 5.92 Å². The smallest absolute Gasteiger partial charge is 0.265 e. The number of rotatable bonds is 16. The van der Waals surface area contributed by atoms with Gasteiger partial charge < -0.3 is 31.5 Å². The van der Waals surface area contributed by atoms with E-state index in [1.54, 1.807) is 6.20 Å². The highest BCUT2D eigenvalue weighted by molar-refractivity contribution is 7.14. The molecule has 1 saturated heterocycles. The van der Waals surface area contributed by atoms with Crippen LogP contribution in [0.25, 0.3) is 11.3 Å². The molecule has 4 aliphatic rings. The summed E-state index contributed by atoms with van der Waals surface area (Å²) in [7, 11) is 1.96. The van der Waals surface area contributed by atoms with Crippen LogP contribution in [0.1, 0.15) is 77.2 Å². The van der Waals surface area contributed by atoms with Crippen LogP contribution in [0.4, 0.5) is 5.95 Å². The standard InChI is InChI=1S/C36H46ClN11O5S/c1-47-28(12-20-2-3-20)25(15-43-47)32-26(37)16-42-36(46-32)44-23-6-4-22(5-7-23)40-18-31(51)39-11-10-38-17-30(50)41-14-24-13-21-19-48(35(53)33(21)54-24)27-8-9-29(49)45-34(27)52/h13,15-16,20,22-23,27,38,40H,2-12,14,17-19H2,1H3,(H,39,51)(H,41,50)(H,42,44,46)(H,45,49,52). The van der Waals surface area contributed by atoms with Crippen LogP contribution < -0.4 is 31.9 Å². The fourth-order valence-electron chi connectivity index (χ4n) is 7.28. The molecule has 6 N–H and O–H groups in total. The van der Waals surface area contributed by atoms with Crippen LogP contribution in [0.3, 0.4) is 0 Å². The lowest BCUT2D eigenvalue weighted by Gasteiger charge is -2.29. The van der Waals surface area contributed by atoms with Gasteiger partial charge in [0.1, 0.15) is 6.04 Å². The zero-order valence-electron chi connectivity index (χ0n) is 30.2. The fourth-order valence-corrected chi connectivity index (χ4v) is 8.54. The first-order valence-corrected chi connectivity index (χ1v) is 19.8. The Labute approximate surface area is 322 Å². The summed E-state index contributed by atoms with van der Waals surface area (Å²) in [4.78, 5) is 73.6. The number of aryl methyl sites for hydroxylation is 1. The number of thiophene rings is 1. The molecule has 288 valence electrons. The number of nitrogens with one attached hydrogen (secondary N) is 6. The van der Waals surface area contributed by atoms with Gasteiger partial charge in [0.15, 0.2) is 0 Å². The molecule has 5 heterocycles. The number of nitrogens with zero attached hydrogens (tertiary/aromatic N) is 5. The SMILES string of the molecule is Cn1ncc(-c2nc(NC3CCC(NCC(=O)NCCNCC(=O)NCc4cc5c(s4)C(=O)N(C4CCC(=O)NC4=O)C5)CC3)ncc2Cl)c1CC1CC1. The van der Waals surface area contributed by atoms with Crippen molar-refractivity contribution in [1.29, 1.82) is 0 Å². The average molecular weight is 780 g/mol. The topological polar surface area (TPSA) is 204 Å². The first-order valence-electron chi connectivity index (χ1n) is 18.6. The van der Waals surface area contributed by atoms with Crippen molar-refractivity contribution >= 4 is 58.4 Å². The third kappa shape index (κ3) is 9.25. The van der Waals surface area contributed by atoms with Crippen molar-refractivity contribution in [3.63, 3.8) is 0 Å². The lowest BCUT2D eigenvalue weighted by molar-refractivity contribution is -0.137. The summed E-state index contributed by atoms with van der Waals surface area (Å²) in [6.07, 6.45) is 11.2. The number of imide groups is 1. The predicted molar refractivity (Wildman–Crippen MR) is 201 cm³/mol. The first kappa shape index (κ1) is 37.8. The van der Waals surface area contributed by atoms with Crippen molar-refractivity contribution in [2.24, 2.45) is 13.0 Å². The Kier molecular flexibility index (Phi) is 11.9. The van der Waals surface area contributed by atoms with Gasteiger partial charge in [-0.05, 0) is 68.9 Å². The van der Waals surface area contributed by atoms with Crippen molar-refractivity contribution in [3.8, 4) is 11.3 Å². The second kappa shape index (κ2) is 16.9. The molecule has 0 radical (unpaired) electrons. The Morgan fingerprint density at radius 3 is 2.52 bits per heavy atom. The average Bonchev–Trinajstić information content (AvgIpc) is 3.67. The zero-order chi connectivity index (χ0) is 37.8. The molecule has 1 unspecified atom stereocenters. The summed E-state index contributed by atoms with van der Waals surface area (Å²) in [5.41, 5.74) is 3.64. The first-order chi connectivity index (χ1) is 26.1. The molecule has 2 aliphatic carbocycles. The molecule has 5 amide bonds. The van der Waals surface area contributed by atoms with Crippen LogP contribution in [-0.2, 0) is 45.7 Å². The molecule has 0 aromatic carbocycles. The quantitative estimate of drug-likeness (QED) is 0.0912. The van der Waals surface area contributed by atoms with Gasteiger partial charge in [-0.1, -0.05) is 11.6 Å². The maximum atomic E-state index is 12.9. The highest BCUT2D eigenvalue weighted by Gasteiger charge is 2.40. The molecule has 3 fully saturated rings. The number of amides is 5. The van der Waals surface area contributed by atoms with E-state index >= 15 is 0 Å². The minimum Gasteiger partial charge on any atom is -0.354 e. The molecule has 3 aromatic heterocycles. The number of hydrogen-bond donors (Lipinski definition) is 6. The van der Waals surface area contributed by atoms with Crippen molar-refractivity contribution < 1.29 is 24.0 Å². The number of anilines is 1. The monoisotopic (exact) mass is 779 g/mol. The molecule has 18 heteroatoms. The van der Waals surface area contributed by atoms with E-state index in [2.05, 4.69) is 42.0 Å². The zero-order valence-corrected chi connectivity index (χ0v) is 31.8. The lowest BCUT2D eigenvalue weighted by atomic mass is 9.91. The van der Waals surface area contributed by atoms with Gasteiger partial charge in [0.25, 0.3) is 5.91 Å².